The van der Waals surface area contributed by atoms with Crippen molar-refractivity contribution in [3.05, 3.63) is 83.7 Å². The summed E-state index contributed by atoms with van der Waals surface area (Å²) in [4.78, 5) is 31.8. The standard InChI is InChI=1S/C33H38FN3O5/c1-31(2,3)42-30(39)37-18-25-28(33(25,6)20-37)41-27-17-23(16-26(35-27)22-12-14-24(34)15-13-22)32(4,5)36-29(38)40-19-21-10-8-7-9-11-21/h7-17,25,28H,18-20H2,1-6H3,(H,36,38). The Morgan fingerprint density at radius 1 is 1.05 bits per heavy atom. The lowest BCUT2D eigenvalue weighted by molar-refractivity contribution is 0.0234. The Morgan fingerprint density at radius 3 is 2.36 bits per heavy atom. The Kier molecular flexibility index (Phi) is 7.64. The Labute approximate surface area is 246 Å². The zero-order valence-electron chi connectivity index (χ0n) is 24.9. The second-order valence-electron chi connectivity index (χ2n) is 12.9. The van der Waals surface area contributed by atoms with Crippen molar-refractivity contribution < 1.29 is 28.2 Å². The number of rotatable bonds is 7. The van der Waals surface area contributed by atoms with Gasteiger partial charge in [-0.05, 0) is 76.1 Å². The molecule has 2 heterocycles. The van der Waals surface area contributed by atoms with Crippen LogP contribution in [0.15, 0.2) is 66.7 Å². The van der Waals surface area contributed by atoms with Gasteiger partial charge in [-0.1, -0.05) is 37.3 Å². The van der Waals surface area contributed by atoms with Gasteiger partial charge in [0, 0.05) is 36.1 Å². The van der Waals surface area contributed by atoms with E-state index in [2.05, 4.69) is 12.2 Å². The number of hydrogen-bond donors (Lipinski definition) is 1. The van der Waals surface area contributed by atoms with Gasteiger partial charge in [0.2, 0.25) is 5.88 Å². The summed E-state index contributed by atoms with van der Waals surface area (Å²) in [6.45, 7) is 12.6. The van der Waals surface area contributed by atoms with Crippen LogP contribution in [0.2, 0.25) is 0 Å². The summed E-state index contributed by atoms with van der Waals surface area (Å²) < 4.78 is 31.1. The van der Waals surface area contributed by atoms with E-state index in [-0.39, 0.29) is 36.0 Å². The van der Waals surface area contributed by atoms with Crippen LogP contribution in [0.3, 0.4) is 0 Å². The minimum absolute atomic E-state index is 0.132. The molecule has 2 fully saturated rings. The number of nitrogens with one attached hydrogen (secondary N) is 1. The number of alkyl carbamates (subject to hydrolysis) is 1. The Bertz CT molecular complexity index is 1450. The number of ether oxygens (including phenoxy) is 3. The van der Waals surface area contributed by atoms with Gasteiger partial charge in [0.05, 0.1) is 11.2 Å². The molecule has 5 rings (SSSR count). The lowest BCUT2D eigenvalue weighted by Crippen LogP contribution is -2.41. The number of hydrogen-bond acceptors (Lipinski definition) is 6. The van der Waals surface area contributed by atoms with E-state index >= 15 is 0 Å². The second-order valence-corrected chi connectivity index (χ2v) is 12.9. The molecule has 222 valence electrons. The van der Waals surface area contributed by atoms with Gasteiger partial charge < -0.3 is 24.4 Å². The quantitative estimate of drug-likeness (QED) is 0.338. The summed E-state index contributed by atoms with van der Waals surface area (Å²) in [5.74, 6) is 0.190. The summed E-state index contributed by atoms with van der Waals surface area (Å²) >= 11 is 0. The highest BCUT2D eigenvalue weighted by molar-refractivity contribution is 5.70. The number of carbonyl (C=O) groups excluding carboxylic acids is 2. The molecule has 0 spiro atoms. The molecule has 0 radical (unpaired) electrons. The van der Waals surface area contributed by atoms with Crippen LogP contribution in [-0.4, -0.2) is 46.9 Å². The molecule has 8 nitrogen and oxygen atoms in total. The first-order valence-electron chi connectivity index (χ1n) is 14.2. The fourth-order valence-electron chi connectivity index (χ4n) is 5.43. The molecule has 1 aliphatic carbocycles. The minimum Gasteiger partial charge on any atom is -0.473 e. The number of benzene rings is 2. The predicted octanol–water partition coefficient (Wildman–Crippen LogP) is 6.68. The van der Waals surface area contributed by atoms with E-state index in [1.54, 1.807) is 17.0 Å². The molecule has 1 aromatic heterocycles. The molecular formula is C33H38FN3O5. The van der Waals surface area contributed by atoms with E-state index in [1.165, 1.54) is 12.1 Å². The number of halogens is 1. The maximum atomic E-state index is 13.7. The zero-order chi connectivity index (χ0) is 30.3. The number of pyridine rings is 1. The van der Waals surface area contributed by atoms with Crippen LogP contribution in [0, 0.1) is 17.2 Å². The lowest BCUT2D eigenvalue weighted by Gasteiger charge is -2.28. The average molecular weight is 576 g/mol. The first-order chi connectivity index (χ1) is 19.7. The third-order valence-electron chi connectivity index (χ3n) is 7.89. The number of fused-ring (bicyclic) bond motifs is 1. The SMILES string of the molecule is CC(C)(C)OC(=O)N1CC2C(Oc3cc(C(C)(C)NC(=O)OCc4ccccc4)cc(-c4ccc(F)cc4)n3)C2(C)C1. The summed E-state index contributed by atoms with van der Waals surface area (Å²) in [5, 5.41) is 2.95. The van der Waals surface area contributed by atoms with Crippen molar-refractivity contribution in [2.24, 2.45) is 11.3 Å². The number of likely N-dealkylation sites (tertiary alicyclic amines) is 1. The molecule has 1 saturated carbocycles. The number of carbonyl (C=O) groups is 2. The third kappa shape index (κ3) is 6.50. The highest BCUT2D eigenvalue weighted by atomic mass is 19.1. The third-order valence-corrected chi connectivity index (χ3v) is 7.89. The number of amides is 2. The molecule has 2 aliphatic rings. The molecule has 2 amide bonds. The van der Waals surface area contributed by atoms with Crippen molar-refractivity contribution in [1.29, 1.82) is 0 Å². The van der Waals surface area contributed by atoms with Gasteiger partial charge in [-0.2, -0.15) is 0 Å². The minimum atomic E-state index is -0.847. The second kappa shape index (κ2) is 10.9. The van der Waals surface area contributed by atoms with Crippen molar-refractivity contribution in [3.63, 3.8) is 0 Å². The van der Waals surface area contributed by atoms with Gasteiger partial charge in [0.15, 0.2) is 0 Å². The first-order valence-corrected chi connectivity index (χ1v) is 14.2. The number of nitrogens with zero attached hydrogens (tertiary/aromatic N) is 2. The molecule has 1 N–H and O–H groups in total. The van der Waals surface area contributed by atoms with Gasteiger partial charge in [-0.15, -0.1) is 0 Å². The monoisotopic (exact) mass is 575 g/mol. The maximum Gasteiger partial charge on any atom is 0.410 e. The van der Waals surface area contributed by atoms with E-state index in [9.17, 15) is 14.0 Å². The molecule has 2 aromatic carbocycles. The molecule has 1 saturated heterocycles. The average Bonchev–Trinajstić information content (AvgIpc) is 3.26. The molecule has 42 heavy (non-hydrogen) atoms. The van der Waals surface area contributed by atoms with Crippen LogP contribution in [0.25, 0.3) is 11.3 Å². The Hall–Kier alpha value is -4.14. The van der Waals surface area contributed by atoms with Crippen molar-refractivity contribution in [2.75, 3.05) is 13.1 Å². The summed E-state index contributed by atoms with van der Waals surface area (Å²) in [5.41, 5.74) is 1.30. The largest absolute Gasteiger partial charge is 0.473 e. The van der Waals surface area contributed by atoms with Crippen molar-refractivity contribution >= 4 is 12.2 Å². The topological polar surface area (TPSA) is 90.0 Å². The van der Waals surface area contributed by atoms with Crippen LogP contribution in [0.5, 0.6) is 5.88 Å². The van der Waals surface area contributed by atoms with Crippen molar-refractivity contribution in [2.45, 2.75) is 65.4 Å². The fraction of sp³-hybridized carbons (Fsp3) is 0.424. The number of aromatic nitrogens is 1. The van der Waals surface area contributed by atoms with E-state index < -0.39 is 17.2 Å². The predicted molar refractivity (Wildman–Crippen MR) is 156 cm³/mol. The van der Waals surface area contributed by atoms with Gasteiger partial charge >= 0.3 is 12.2 Å². The Balaban J connectivity index is 1.33. The molecule has 9 heteroatoms. The normalized spacial score (nSPS) is 21.4. The van der Waals surface area contributed by atoms with E-state index in [0.29, 0.717) is 30.2 Å². The molecule has 3 atom stereocenters. The highest BCUT2D eigenvalue weighted by Crippen LogP contribution is 2.59. The van der Waals surface area contributed by atoms with Gasteiger partial charge in [-0.3, -0.25) is 0 Å². The molecule has 1 aliphatic heterocycles. The summed E-state index contributed by atoms with van der Waals surface area (Å²) in [7, 11) is 0. The van der Waals surface area contributed by atoms with Gasteiger partial charge in [-0.25, -0.2) is 19.0 Å². The molecule has 3 aromatic rings. The maximum absolute atomic E-state index is 13.7. The zero-order valence-corrected chi connectivity index (χ0v) is 24.9. The molecule has 3 unspecified atom stereocenters. The summed E-state index contributed by atoms with van der Waals surface area (Å²) in [6.07, 6.45) is -1.01. The van der Waals surface area contributed by atoms with E-state index in [0.717, 1.165) is 11.1 Å². The van der Waals surface area contributed by atoms with Crippen LogP contribution < -0.4 is 10.1 Å². The first kappa shape index (κ1) is 29.4. The van der Waals surface area contributed by atoms with Crippen molar-refractivity contribution in [1.82, 2.24) is 15.2 Å². The van der Waals surface area contributed by atoms with Gasteiger partial charge in [0.25, 0.3) is 0 Å². The van der Waals surface area contributed by atoms with E-state index in [1.807, 2.05) is 77.1 Å². The summed E-state index contributed by atoms with van der Waals surface area (Å²) in [6, 6.07) is 19.2. The van der Waals surface area contributed by atoms with Crippen LogP contribution in [0.1, 0.15) is 52.7 Å². The van der Waals surface area contributed by atoms with E-state index in [4.69, 9.17) is 19.2 Å². The van der Waals surface area contributed by atoms with Crippen LogP contribution in [0.4, 0.5) is 14.0 Å². The van der Waals surface area contributed by atoms with Crippen molar-refractivity contribution in [3.8, 4) is 17.1 Å². The molecular weight excluding hydrogens is 537 g/mol. The Morgan fingerprint density at radius 2 is 1.74 bits per heavy atom. The number of piperidine rings is 1. The fourth-order valence-corrected chi connectivity index (χ4v) is 5.43. The highest BCUT2D eigenvalue weighted by Gasteiger charge is 2.69. The smallest absolute Gasteiger partial charge is 0.410 e. The van der Waals surface area contributed by atoms with Crippen LogP contribution >= 0.6 is 0 Å². The lowest BCUT2D eigenvalue weighted by atomic mass is 9.93. The van der Waals surface area contributed by atoms with Gasteiger partial charge in [0.1, 0.15) is 24.1 Å². The van der Waals surface area contributed by atoms with Crippen LogP contribution in [-0.2, 0) is 21.6 Å². The molecule has 0 bridgehead atoms.